The third-order valence-corrected chi connectivity index (χ3v) is 6.87. The Bertz CT molecular complexity index is 2060. The van der Waals surface area contributed by atoms with Crippen LogP contribution in [0.4, 0.5) is 0 Å². The van der Waals surface area contributed by atoms with Crippen molar-refractivity contribution in [2.24, 2.45) is 0 Å². The number of benzene rings is 3. The predicted octanol–water partition coefficient (Wildman–Crippen LogP) is 7.42. The number of para-hydroxylation sites is 2. The van der Waals surface area contributed by atoms with E-state index in [2.05, 4.69) is 86.9 Å². The number of fused-ring (bicyclic) bond motifs is 8. The van der Waals surface area contributed by atoms with Crippen molar-refractivity contribution in [3.05, 3.63) is 110 Å². The van der Waals surface area contributed by atoms with E-state index in [1.807, 2.05) is 24.4 Å². The molecular formula is C30H18N4O. The second-order valence-corrected chi connectivity index (χ2v) is 8.75. The largest absolute Gasteiger partial charge is 0.437 e. The molecule has 0 saturated carbocycles. The molecule has 5 heterocycles. The molecule has 8 aromatic rings. The first-order valence-corrected chi connectivity index (χ1v) is 11.6. The fourth-order valence-corrected chi connectivity index (χ4v) is 5.42. The summed E-state index contributed by atoms with van der Waals surface area (Å²) in [6.07, 6.45) is 5.42. The van der Waals surface area contributed by atoms with E-state index in [1.54, 1.807) is 12.4 Å². The summed E-state index contributed by atoms with van der Waals surface area (Å²) in [7, 11) is 0. The lowest BCUT2D eigenvalue weighted by Gasteiger charge is -2.09. The fraction of sp³-hybridized carbons (Fsp3) is 0. The monoisotopic (exact) mass is 450 g/mol. The summed E-state index contributed by atoms with van der Waals surface area (Å²) in [4.78, 5) is 9.01. The first kappa shape index (κ1) is 18.5. The van der Waals surface area contributed by atoms with Crippen LogP contribution in [-0.4, -0.2) is 19.1 Å². The van der Waals surface area contributed by atoms with Gasteiger partial charge in [-0.15, -0.1) is 0 Å². The van der Waals surface area contributed by atoms with Gasteiger partial charge in [0.2, 0.25) is 5.71 Å². The maximum atomic E-state index is 6.35. The highest BCUT2D eigenvalue weighted by Gasteiger charge is 2.21. The van der Waals surface area contributed by atoms with Crippen molar-refractivity contribution in [3.8, 4) is 11.4 Å². The van der Waals surface area contributed by atoms with Gasteiger partial charge < -0.3 is 8.98 Å². The molecule has 0 amide bonds. The van der Waals surface area contributed by atoms with Crippen LogP contribution in [0.5, 0.6) is 0 Å². The number of furan rings is 1. The van der Waals surface area contributed by atoms with Crippen molar-refractivity contribution in [1.82, 2.24) is 19.1 Å². The molecule has 5 nitrogen and oxygen atoms in total. The molecule has 35 heavy (non-hydrogen) atoms. The Balaban J connectivity index is 1.49. The van der Waals surface area contributed by atoms with Crippen molar-refractivity contribution < 1.29 is 4.42 Å². The van der Waals surface area contributed by atoms with E-state index in [0.29, 0.717) is 0 Å². The topological polar surface area (TPSA) is 48.8 Å². The van der Waals surface area contributed by atoms with Gasteiger partial charge in [-0.2, -0.15) is 0 Å². The van der Waals surface area contributed by atoms with Gasteiger partial charge in [0.25, 0.3) is 0 Å². The maximum Gasteiger partial charge on any atom is 0.215 e. The SMILES string of the molecule is c1ccc(-n2c3ccccc3c3cc(-n4c5ncccc5c5c6ccncc6oc54)ccc32)cc1. The second kappa shape index (κ2) is 6.81. The number of hydrogen-bond acceptors (Lipinski definition) is 3. The van der Waals surface area contributed by atoms with Gasteiger partial charge in [-0.05, 0) is 54.6 Å². The first-order valence-electron chi connectivity index (χ1n) is 11.6. The first-order chi connectivity index (χ1) is 17.4. The predicted molar refractivity (Wildman–Crippen MR) is 140 cm³/mol. The molecule has 0 N–H and O–H groups in total. The van der Waals surface area contributed by atoms with Gasteiger partial charge in [0.05, 0.1) is 28.3 Å². The molecule has 8 rings (SSSR count). The van der Waals surface area contributed by atoms with E-state index < -0.39 is 0 Å². The van der Waals surface area contributed by atoms with Gasteiger partial charge in [0, 0.05) is 39.6 Å². The Labute approximate surface area is 199 Å². The number of rotatable bonds is 2. The molecule has 0 saturated heterocycles. The minimum Gasteiger partial charge on any atom is -0.437 e. The zero-order valence-electron chi connectivity index (χ0n) is 18.6. The number of hydrogen-bond donors (Lipinski definition) is 0. The van der Waals surface area contributed by atoms with Gasteiger partial charge in [-0.1, -0.05) is 36.4 Å². The van der Waals surface area contributed by atoms with Gasteiger partial charge in [0.15, 0.2) is 5.58 Å². The van der Waals surface area contributed by atoms with E-state index in [1.165, 1.54) is 16.3 Å². The van der Waals surface area contributed by atoms with Crippen LogP contribution in [0.1, 0.15) is 0 Å². The van der Waals surface area contributed by atoms with Crippen LogP contribution >= 0.6 is 0 Å². The quantitative estimate of drug-likeness (QED) is 0.275. The molecule has 5 aromatic heterocycles. The summed E-state index contributed by atoms with van der Waals surface area (Å²) in [6, 6.07) is 31.8. The molecule has 0 bridgehead atoms. The molecule has 0 spiro atoms. The summed E-state index contributed by atoms with van der Waals surface area (Å²) in [6.45, 7) is 0. The van der Waals surface area contributed by atoms with Crippen LogP contribution < -0.4 is 0 Å². The Morgan fingerprint density at radius 2 is 1.43 bits per heavy atom. The molecule has 0 atom stereocenters. The minimum absolute atomic E-state index is 0.777. The van der Waals surface area contributed by atoms with E-state index in [9.17, 15) is 0 Å². The van der Waals surface area contributed by atoms with E-state index >= 15 is 0 Å². The molecule has 0 aliphatic heterocycles. The van der Waals surface area contributed by atoms with Crippen LogP contribution in [0, 0.1) is 0 Å². The molecule has 0 fully saturated rings. The highest BCUT2D eigenvalue weighted by atomic mass is 16.3. The molecule has 0 aliphatic carbocycles. The van der Waals surface area contributed by atoms with Crippen molar-refractivity contribution in [1.29, 1.82) is 0 Å². The lowest BCUT2D eigenvalue weighted by atomic mass is 10.1. The smallest absolute Gasteiger partial charge is 0.215 e. The van der Waals surface area contributed by atoms with E-state index in [0.717, 1.165) is 50.0 Å². The summed E-state index contributed by atoms with van der Waals surface area (Å²) < 4.78 is 10.8. The van der Waals surface area contributed by atoms with Crippen LogP contribution in [0.25, 0.3) is 66.3 Å². The van der Waals surface area contributed by atoms with Crippen molar-refractivity contribution >= 4 is 54.9 Å². The van der Waals surface area contributed by atoms with Gasteiger partial charge in [0.1, 0.15) is 5.65 Å². The zero-order chi connectivity index (χ0) is 22.9. The molecular weight excluding hydrogens is 432 g/mol. The summed E-state index contributed by atoms with van der Waals surface area (Å²) in [5, 5.41) is 5.58. The Hall–Kier alpha value is -4.90. The fourth-order valence-electron chi connectivity index (χ4n) is 5.42. The van der Waals surface area contributed by atoms with Gasteiger partial charge in [-0.25, -0.2) is 4.98 Å². The molecule has 0 unspecified atom stereocenters. The average molecular weight is 451 g/mol. The number of pyridine rings is 2. The molecule has 3 aromatic carbocycles. The second-order valence-electron chi connectivity index (χ2n) is 8.75. The average Bonchev–Trinajstić information content (AvgIpc) is 3.55. The van der Waals surface area contributed by atoms with Crippen LogP contribution in [-0.2, 0) is 0 Å². The molecule has 5 heteroatoms. The van der Waals surface area contributed by atoms with Crippen molar-refractivity contribution in [2.45, 2.75) is 0 Å². The normalized spacial score (nSPS) is 12.0. The Morgan fingerprint density at radius 3 is 2.37 bits per heavy atom. The standard InChI is InChI=1S/C30H18N4O/c1-2-7-19(8-3-1)33-25-11-5-4-9-21(25)24-17-20(12-13-26(24)33)34-29-23(10-6-15-32-29)28-22-14-16-31-18-27(22)35-30(28)34/h1-18H. The van der Waals surface area contributed by atoms with Crippen molar-refractivity contribution in [2.75, 3.05) is 0 Å². The maximum absolute atomic E-state index is 6.35. The molecule has 0 radical (unpaired) electrons. The Morgan fingerprint density at radius 1 is 0.600 bits per heavy atom. The third kappa shape index (κ3) is 2.47. The van der Waals surface area contributed by atoms with Crippen molar-refractivity contribution in [3.63, 3.8) is 0 Å². The Kier molecular flexibility index (Phi) is 3.60. The van der Waals surface area contributed by atoms with Gasteiger partial charge >= 0.3 is 0 Å². The summed E-state index contributed by atoms with van der Waals surface area (Å²) in [5.41, 5.74) is 6.94. The molecule has 0 aliphatic rings. The lowest BCUT2D eigenvalue weighted by molar-refractivity contribution is 0.643. The highest BCUT2D eigenvalue weighted by Crippen LogP contribution is 2.39. The van der Waals surface area contributed by atoms with Crippen LogP contribution in [0.3, 0.4) is 0 Å². The highest BCUT2D eigenvalue weighted by molar-refractivity contribution is 6.19. The van der Waals surface area contributed by atoms with E-state index in [4.69, 9.17) is 9.40 Å². The zero-order valence-corrected chi connectivity index (χ0v) is 18.6. The van der Waals surface area contributed by atoms with Crippen LogP contribution in [0.2, 0.25) is 0 Å². The summed E-state index contributed by atoms with van der Waals surface area (Å²) in [5.74, 6) is 0. The molecule has 164 valence electrons. The number of nitrogens with zero attached hydrogens (tertiary/aromatic N) is 4. The number of aromatic nitrogens is 4. The third-order valence-electron chi connectivity index (χ3n) is 6.87. The van der Waals surface area contributed by atoms with Gasteiger partial charge in [-0.3, -0.25) is 9.55 Å². The van der Waals surface area contributed by atoms with Crippen LogP contribution in [0.15, 0.2) is 114 Å². The minimum atomic E-state index is 0.777. The summed E-state index contributed by atoms with van der Waals surface area (Å²) >= 11 is 0. The lowest BCUT2D eigenvalue weighted by Crippen LogP contribution is -1.96. The van der Waals surface area contributed by atoms with E-state index in [-0.39, 0.29) is 0 Å².